The first-order chi connectivity index (χ1) is 6.56. The lowest BCUT2D eigenvalue weighted by Crippen LogP contribution is -2.05. The molecule has 0 radical (unpaired) electrons. The molecule has 0 bridgehead atoms. The van der Waals surface area contributed by atoms with Crippen molar-refractivity contribution >= 4 is 38.0 Å². The third-order valence-electron chi connectivity index (χ3n) is 1.71. The Kier molecular flexibility index (Phi) is 3.45. The molecule has 0 amide bonds. The van der Waals surface area contributed by atoms with E-state index in [1.165, 1.54) is 7.11 Å². The van der Waals surface area contributed by atoms with Gasteiger partial charge in [0.25, 0.3) is 0 Å². The summed E-state index contributed by atoms with van der Waals surface area (Å²) in [5.41, 5.74) is 7.07. The number of methoxy groups -OCH3 is 1. The summed E-state index contributed by atoms with van der Waals surface area (Å²) in [4.78, 5) is 11.2. The molecule has 0 saturated heterocycles. The average Bonchev–Trinajstić information content (AvgIpc) is 2.17. The summed E-state index contributed by atoms with van der Waals surface area (Å²) in [5.74, 6) is -0.427. The summed E-state index contributed by atoms with van der Waals surface area (Å²) in [7, 11) is 1.31. The maximum Gasteiger partial charge on any atom is 0.337 e. The predicted octanol–water partition coefficient (Wildman–Crippen LogP) is 1.82. The molecule has 0 heterocycles. The van der Waals surface area contributed by atoms with Crippen molar-refractivity contribution in [1.29, 1.82) is 5.41 Å². The van der Waals surface area contributed by atoms with Gasteiger partial charge in [-0.25, -0.2) is 4.79 Å². The molecule has 0 saturated carbocycles. The largest absolute Gasteiger partial charge is 0.465 e. The number of hydrogen-bond acceptors (Lipinski definition) is 4. The second-order valence-electron chi connectivity index (χ2n) is 2.61. The molecule has 0 aliphatic carbocycles. The van der Waals surface area contributed by atoms with E-state index in [2.05, 4.69) is 4.74 Å². The Bertz CT molecular complexity index is 390. The van der Waals surface area contributed by atoms with Crippen LogP contribution >= 0.6 is 22.6 Å². The average molecular weight is 304 g/mol. The van der Waals surface area contributed by atoms with Crippen LogP contribution in [0.25, 0.3) is 0 Å². The first kappa shape index (κ1) is 11.0. The predicted molar refractivity (Wildman–Crippen MR) is 63.0 cm³/mol. The number of nitrogens with two attached hydrogens (primary N) is 1. The van der Waals surface area contributed by atoms with Crippen LogP contribution in [-0.2, 0) is 4.74 Å². The number of carbonyl (C=O) groups is 1. The molecule has 74 valence electrons. The normalized spacial score (nSPS) is 9.57. The van der Waals surface area contributed by atoms with Crippen LogP contribution in [0.5, 0.6) is 0 Å². The summed E-state index contributed by atoms with van der Waals surface area (Å²) in [6, 6.07) is 4.72. The molecule has 0 spiro atoms. The molecule has 4 nitrogen and oxygen atoms in total. The monoisotopic (exact) mass is 304 g/mol. The molecule has 1 rings (SSSR count). The Morgan fingerprint density at radius 2 is 2.21 bits per heavy atom. The Hall–Kier alpha value is -1.11. The number of nitrogen functional groups attached to an aromatic ring is 1. The highest BCUT2D eigenvalue weighted by Gasteiger charge is 2.09. The van der Waals surface area contributed by atoms with E-state index in [1.54, 1.807) is 18.2 Å². The zero-order chi connectivity index (χ0) is 10.7. The highest BCUT2D eigenvalue weighted by Crippen LogP contribution is 2.17. The van der Waals surface area contributed by atoms with Gasteiger partial charge in [0.15, 0.2) is 0 Å². The molecule has 1 aromatic carbocycles. The van der Waals surface area contributed by atoms with E-state index in [4.69, 9.17) is 11.1 Å². The fraction of sp³-hybridized carbons (Fsp3) is 0.111. The van der Waals surface area contributed by atoms with Gasteiger partial charge in [-0.15, -0.1) is 0 Å². The van der Waals surface area contributed by atoms with Crippen molar-refractivity contribution in [2.75, 3.05) is 12.8 Å². The SMILES string of the molecule is COC(=O)c1ccc(N)c(C(=N)I)c1. The van der Waals surface area contributed by atoms with Crippen molar-refractivity contribution in [1.82, 2.24) is 0 Å². The summed E-state index contributed by atoms with van der Waals surface area (Å²) in [6.07, 6.45) is 0. The first-order valence-electron chi connectivity index (χ1n) is 3.78. The fourth-order valence-corrected chi connectivity index (χ4v) is 1.46. The highest BCUT2D eigenvalue weighted by atomic mass is 127. The van der Waals surface area contributed by atoms with Crippen LogP contribution in [0, 0.1) is 5.41 Å². The van der Waals surface area contributed by atoms with E-state index in [9.17, 15) is 4.79 Å². The van der Waals surface area contributed by atoms with Gasteiger partial charge in [-0.2, -0.15) is 0 Å². The van der Waals surface area contributed by atoms with Gasteiger partial charge >= 0.3 is 5.97 Å². The Morgan fingerprint density at radius 1 is 1.57 bits per heavy atom. The Morgan fingerprint density at radius 3 is 2.71 bits per heavy atom. The van der Waals surface area contributed by atoms with Crippen molar-refractivity contribution in [3.8, 4) is 0 Å². The van der Waals surface area contributed by atoms with Crippen LogP contribution in [0.3, 0.4) is 0 Å². The number of carbonyl (C=O) groups excluding carboxylic acids is 1. The van der Waals surface area contributed by atoms with E-state index in [0.717, 1.165) is 0 Å². The zero-order valence-electron chi connectivity index (χ0n) is 7.50. The summed E-state index contributed by atoms with van der Waals surface area (Å²) in [5, 5.41) is 7.43. The number of ether oxygens (including phenoxy) is 1. The van der Waals surface area contributed by atoms with E-state index in [1.807, 2.05) is 22.6 Å². The number of esters is 1. The van der Waals surface area contributed by atoms with Crippen molar-refractivity contribution in [3.63, 3.8) is 0 Å². The molecule has 0 unspecified atom stereocenters. The number of nitrogens with one attached hydrogen (secondary N) is 1. The van der Waals surface area contributed by atoms with Crippen LogP contribution in [0.2, 0.25) is 0 Å². The van der Waals surface area contributed by atoms with Gasteiger partial charge in [0, 0.05) is 11.3 Å². The van der Waals surface area contributed by atoms with E-state index < -0.39 is 5.97 Å². The molecule has 0 fully saturated rings. The first-order valence-corrected chi connectivity index (χ1v) is 4.86. The second kappa shape index (κ2) is 4.41. The Labute approximate surface area is 95.1 Å². The van der Waals surface area contributed by atoms with Gasteiger partial charge in [0.05, 0.1) is 12.7 Å². The van der Waals surface area contributed by atoms with Crippen LogP contribution in [0.15, 0.2) is 18.2 Å². The second-order valence-corrected chi connectivity index (χ2v) is 3.69. The number of anilines is 1. The molecule has 1 aromatic rings. The van der Waals surface area contributed by atoms with Gasteiger partial charge in [0.1, 0.15) is 3.72 Å². The van der Waals surface area contributed by atoms with Crippen LogP contribution in [0.4, 0.5) is 5.69 Å². The standard InChI is InChI=1S/C9H9IN2O2/c1-14-9(13)5-2-3-7(11)6(4-5)8(10)12/h2-4,12H,11H2,1H3. The number of rotatable bonds is 2. The van der Waals surface area contributed by atoms with E-state index in [-0.39, 0.29) is 0 Å². The highest BCUT2D eigenvalue weighted by molar-refractivity contribution is 14.1. The molecule has 0 aromatic heterocycles. The zero-order valence-corrected chi connectivity index (χ0v) is 9.66. The van der Waals surface area contributed by atoms with Crippen LogP contribution < -0.4 is 5.73 Å². The summed E-state index contributed by atoms with van der Waals surface area (Å²) < 4.78 is 4.86. The van der Waals surface area contributed by atoms with Crippen molar-refractivity contribution in [3.05, 3.63) is 29.3 Å². The van der Waals surface area contributed by atoms with Gasteiger partial charge in [-0.3, -0.25) is 5.41 Å². The van der Waals surface area contributed by atoms with Gasteiger partial charge in [-0.1, -0.05) is 0 Å². The molecular formula is C9H9IN2O2. The van der Waals surface area contributed by atoms with E-state index in [0.29, 0.717) is 20.5 Å². The van der Waals surface area contributed by atoms with Gasteiger partial charge in [0.2, 0.25) is 0 Å². The third-order valence-corrected chi connectivity index (χ3v) is 2.29. The number of hydrogen-bond donors (Lipinski definition) is 2. The summed E-state index contributed by atoms with van der Waals surface area (Å²) >= 11 is 1.84. The maximum atomic E-state index is 11.2. The minimum absolute atomic E-state index is 0.297. The minimum atomic E-state index is -0.427. The summed E-state index contributed by atoms with van der Waals surface area (Å²) in [6.45, 7) is 0. The van der Waals surface area contributed by atoms with Crippen LogP contribution in [-0.4, -0.2) is 16.8 Å². The Balaban J connectivity index is 3.19. The molecular weight excluding hydrogens is 295 g/mol. The third kappa shape index (κ3) is 2.22. The van der Waals surface area contributed by atoms with Gasteiger partial charge in [-0.05, 0) is 40.8 Å². The minimum Gasteiger partial charge on any atom is -0.465 e. The molecule has 5 heteroatoms. The van der Waals surface area contributed by atoms with Crippen molar-refractivity contribution < 1.29 is 9.53 Å². The lowest BCUT2D eigenvalue weighted by Gasteiger charge is -2.04. The molecule has 0 aliphatic rings. The van der Waals surface area contributed by atoms with Crippen molar-refractivity contribution in [2.24, 2.45) is 0 Å². The lowest BCUT2D eigenvalue weighted by molar-refractivity contribution is 0.0601. The maximum absolute atomic E-state index is 11.2. The number of benzene rings is 1. The molecule has 14 heavy (non-hydrogen) atoms. The quantitative estimate of drug-likeness (QED) is 0.379. The lowest BCUT2D eigenvalue weighted by atomic mass is 10.1. The topological polar surface area (TPSA) is 76.2 Å². The molecule has 0 atom stereocenters. The fourth-order valence-electron chi connectivity index (χ4n) is 0.991. The van der Waals surface area contributed by atoms with Crippen LogP contribution in [0.1, 0.15) is 15.9 Å². The van der Waals surface area contributed by atoms with Crippen molar-refractivity contribution in [2.45, 2.75) is 0 Å². The molecule has 3 N–H and O–H groups in total. The number of halogens is 1. The smallest absolute Gasteiger partial charge is 0.337 e. The van der Waals surface area contributed by atoms with E-state index >= 15 is 0 Å². The molecule has 0 aliphatic heterocycles. The van der Waals surface area contributed by atoms with Gasteiger partial charge < -0.3 is 10.5 Å².